The van der Waals surface area contributed by atoms with E-state index in [4.69, 9.17) is 15.9 Å². The Morgan fingerprint density at radius 3 is 2.60 bits per heavy atom. The van der Waals surface area contributed by atoms with E-state index in [1.807, 2.05) is 38.4 Å². The van der Waals surface area contributed by atoms with Gasteiger partial charge in [0.15, 0.2) is 5.84 Å². The van der Waals surface area contributed by atoms with Crippen molar-refractivity contribution in [2.45, 2.75) is 6.92 Å². The number of aryl methyl sites for hydroxylation is 1. The number of rotatable bonds is 7. The largest absolute Gasteiger partial charge is 0.497 e. The number of aliphatic imine (C=N–C) groups is 3. The first kappa shape index (κ1) is 20.9. The molecule has 0 radical (unpaired) electrons. The van der Waals surface area contributed by atoms with Crippen molar-refractivity contribution in [3.8, 4) is 23.8 Å². The zero-order chi connectivity index (χ0) is 21.5. The van der Waals surface area contributed by atoms with Crippen molar-refractivity contribution in [3.63, 3.8) is 0 Å². The summed E-state index contributed by atoms with van der Waals surface area (Å²) in [4.78, 5) is 13.8. The van der Waals surface area contributed by atoms with Crippen LogP contribution in [0.3, 0.4) is 0 Å². The van der Waals surface area contributed by atoms with Gasteiger partial charge >= 0.3 is 0 Å². The van der Waals surface area contributed by atoms with Gasteiger partial charge in [0.2, 0.25) is 0 Å². The van der Waals surface area contributed by atoms with Gasteiger partial charge in [0.05, 0.1) is 32.3 Å². The standard InChI is InChI=1S/C22H24N6O2/c1-6-15(2)7-20-22(27-21(12-23-20)16-11-26-28(3)13-16)25-14-24-17-8-18(29-4)10-19(9-17)30-5/h1,7-13,15,24H,14H2,2-5H3/b20-7+,25-22+. The second kappa shape index (κ2) is 9.56. The fourth-order valence-corrected chi connectivity index (χ4v) is 2.72. The SMILES string of the molecule is C#CC(C)/C=C1/N=CC(c2cnn(C)c2)=N/C1=N/CNc1cc(OC)cc(OC)c1. The Hall–Kier alpha value is -3.86. The molecule has 0 aliphatic carbocycles. The van der Waals surface area contributed by atoms with E-state index in [1.165, 1.54) is 0 Å². The molecule has 0 saturated heterocycles. The number of amidine groups is 1. The van der Waals surface area contributed by atoms with Crippen molar-refractivity contribution in [1.82, 2.24) is 9.78 Å². The van der Waals surface area contributed by atoms with E-state index < -0.39 is 0 Å². The maximum Gasteiger partial charge on any atom is 0.175 e. The topological polar surface area (TPSA) is 85.4 Å². The van der Waals surface area contributed by atoms with Gasteiger partial charge in [-0.1, -0.05) is 5.92 Å². The van der Waals surface area contributed by atoms with E-state index in [2.05, 4.69) is 31.3 Å². The number of ether oxygens (including phenoxy) is 2. The molecule has 8 nitrogen and oxygen atoms in total. The zero-order valence-electron chi connectivity index (χ0n) is 17.5. The van der Waals surface area contributed by atoms with Crippen molar-refractivity contribution >= 4 is 23.4 Å². The number of terminal acetylenes is 1. The number of methoxy groups -OCH3 is 2. The molecule has 154 valence electrons. The second-order valence-electron chi connectivity index (χ2n) is 6.58. The van der Waals surface area contributed by atoms with Gasteiger partial charge in [-0.25, -0.2) is 9.98 Å². The minimum atomic E-state index is -0.0897. The lowest BCUT2D eigenvalue weighted by Gasteiger charge is -2.12. The van der Waals surface area contributed by atoms with Gasteiger partial charge in [-0.05, 0) is 13.0 Å². The third-order valence-electron chi connectivity index (χ3n) is 4.32. The number of nitrogens with zero attached hydrogens (tertiary/aromatic N) is 5. The molecule has 8 heteroatoms. The molecule has 1 aliphatic rings. The van der Waals surface area contributed by atoms with Crippen LogP contribution in [0.4, 0.5) is 5.69 Å². The van der Waals surface area contributed by atoms with Crippen LogP contribution in [0.2, 0.25) is 0 Å². The summed E-state index contributed by atoms with van der Waals surface area (Å²) >= 11 is 0. The molecule has 0 saturated carbocycles. The number of hydrogen-bond acceptors (Lipinski definition) is 6. The second-order valence-corrected chi connectivity index (χ2v) is 6.58. The third-order valence-corrected chi connectivity index (χ3v) is 4.32. The van der Waals surface area contributed by atoms with Gasteiger partial charge < -0.3 is 14.8 Å². The van der Waals surface area contributed by atoms with E-state index in [-0.39, 0.29) is 12.6 Å². The lowest BCUT2D eigenvalue weighted by atomic mass is 10.1. The van der Waals surface area contributed by atoms with Crippen LogP contribution < -0.4 is 14.8 Å². The molecule has 0 spiro atoms. The zero-order valence-corrected chi connectivity index (χ0v) is 17.5. The number of allylic oxidation sites excluding steroid dienone is 1. The highest BCUT2D eigenvalue weighted by molar-refractivity contribution is 6.42. The van der Waals surface area contributed by atoms with Crippen molar-refractivity contribution in [2.24, 2.45) is 27.9 Å². The Kier molecular flexibility index (Phi) is 6.65. The predicted octanol–water partition coefficient (Wildman–Crippen LogP) is 2.93. The molecule has 1 atom stereocenters. The lowest BCUT2D eigenvalue weighted by Crippen LogP contribution is -2.15. The molecule has 1 aliphatic heterocycles. The molecule has 1 aromatic heterocycles. The van der Waals surface area contributed by atoms with Crippen LogP contribution in [0.1, 0.15) is 12.5 Å². The van der Waals surface area contributed by atoms with Crippen LogP contribution in [-0.4, -0.2) is 48.4 Å². The minimum absolute atomic E-state index is 0.0897. The fourth-order valence-electron chi connectivity index (χ4n) is 2.72. The van der Waals surface area contributed by atoms with Gasteiger partial charge in [0.1, 0.15) is 23.9 Å². The molecule has 0 bridgehead atoms. The first-order chi connectivity index (χ1) is 14.5. The van der Waals surface area contributed by atoms with Gasteiger partial charge in [0, 0.05) is 48.6 Å². The lowest BCUT2D eigenvalue weighted by molar-refractivity contribution is 0.394. The molecular weight excluding hydrogens is 380 g/mol. The highest BCUT2D eigenvalue weighted by atomic mass is 16.5. The molecule has 30 heavy (non-hydrogen) atoms. The average molecular weight is 404 g/mol. The summed E-state index contributed by atoms with van der Waals surface area (Å²) < 4.78 is 12.3. The van der Waals surface area contributed by atoms with Crippen molar-refractivity contribution in [1.29, 1.82) is 0 Å². The molecule has 0 fully saturated rings. The number of hydrogen-bond donors (Lipinski definition) is 1. The summed E-state index contributed by atoms with van der Waals surface area (Å²) in [5.74, 6) is 4.46. The van der Waals surface area contributed by atoms with Gasteiger partial charge in [-0.2, -0.15) is 5.10 Å². The Balaban J connectivity index is 1.85. The Morgan fingerprint density at radius 1 is 1.27 bits per heavy atom. The summed E-state index contributed by atoms with van der Waals surface area (Å²) in [6.07, 6.45) is 12.7. The van der Waals surface area contributed by atoms with E-state index in [0.717, 1.165) is 11.3 Å². The van der Waals surface area contributed by atoms with Gasteiger partial charge in [-0.15, -0.1) is 6.42 Å². The van der Waals surface area contributed by atoms with Gasteiger partial charge in [0.25, 0.3) is 0 Å². The van der Waals surface area contributed by atoms with Crippen molar-refractivity contribution in [2.75, 3.05) is 26.2 Å². The maximum atomic E-state index is 5.52. The Bertz CT molecular complexity index is 1050. The van der Waals surface area contributed by atoms with Crippen molar-refractivity contribution < 1.29 is 9.47 Å². The Labute approximate surface area is 176 Å². The predicted molar refractivity (Wildman–Crippen MR) is 120 cm³/mol. The first-order valence-electron chi connectivity index (χ1n) is 9.34. The van der Waals surface area contributed by atoms with E-state index >= 15 is 0 Å². The average Bonchev–Trinajstić information content (AvgIpc) is 3.20. The monoisotopic (exact) mass is 404 g/mol. The summed E-state index contributed by atoms with van der Waals surface area (Å²) in [6, 6.07) is 5.53. The fraction of sp³-hybridized carbons (Fsp3) is 0.273. The highest BCUT2D eigenvalue weighted by Crippen LogP contribution is 2.25. The summed E-state index contributed by atoms with van der Waals surface area (Å²) in [7, 11) is 5.07. The maximum absolute atomic E-state index is 5.52. The summed E-state index contributed by atoms with van der Waals surface area (Å²) in [5, 5.41) is 7.42. The molecule has 0 amide bonds. The third kappa shape index (κ3) is 5.14. The highest BCUT2D eigenvalue weighted by Gasteiger charge is 2.15. The first-order valence-corrected chi connectivity index (χ1v) is 9.34. The van der Waals surface area contributed by atoms with E-state index in [9.17, 15) is 0 Å². The molecule has 3 rings (SSSR count). The van der Waals surface area contributed by atoms with E-state index in [1.54, 1.807) is 37.4 Å². The summed E-state index contributed by atoms with van der Waals surface area (Å²) in [6.45, 7) is 2.20. The van der Waals surface area contributed by atoms with Gasteiger partial charge in [-0.3, -0.25) is 9.67 Å². The van der Waals surface area contributed by atoms with E-state index in [0.29, 0.717) is 28.7 Å². The molecule has 1 aromatic carbocycles. The van der Waals surface area contributed by atoms with Crippen LogP contribution in [0.15, 0.2) is 57.3 Å². The quantitative estimate of drug-likeness (QED) is 0.719. The Morgan fingerprint density at radius 2 is 2.00 bits per heavy atom. The number of anilines is 1. The normalized spacial score (nSPS) is 16.8. The van der Waals surface area contributed by atoms with Crippen LogP contribution in [0.25, 0.3) is 0 Å². The van der Waals surface area contributed by atoms with Crippen molar-refractivity contribution in [3.05, 3.63) is 47.9 Å². The molecule has 1 N–H and O–H groups in total. The number of aromatic nitrogens is 2. The van der Waals surface area contributed by atoms with Crippen LogP contribution in [-0.2, 0) is 7.05 Å². The molecule has 1 unspecified atom stereocenters. The number of nitrogens with one attached hydrogen (secondary N) is 1. The van der Waals surface area contributed by atoms with Crippen LogP contribution >= 0.6 is 0 Å². The minimum Gasteiger partial charge on any atom is -0.497 e. The summed E-state index contributed by atoms with van der Waals surface area (Å²) in [5.41, 5.74) is 3.01. The molecule has 2 heterocycles. The molecule has 2 aromatic rings. The smallest absolute Gasteiger partial charge is 0.175 e. The molecular formula is C22H24N6O2. The number of benzene rings is 1. The van der Waals surface area contributed by atoms with Crippen LogP contribution in [0.5, 0.6) is 11.5 Å². The van der Waals surface area contributed by atoms with Crippen LogP contribution in [0, 0.1) is 18.3 Å².